The third-order valence-corrected chi connectivity index (χ3v) is 5.13. The van der Waals surface area contributed by atoms with Gasteiger partial charge in [-0.2, -0.15) is 13.2 Å². The zero-order valence-electron chi connectivity index (χ0n) is 19.6. The minimum absolute atomic E-state index is 0.117. The molecule has 0 bridgehead atoms. The highest BCUT2D eigenvalue weighted by Gasteiger charge is 2.31. The van der Waals surface area contributed by atoms with Gasteiger partial charge >= 0.3 is 12.1 Å². The lowest BCUT2D eigenvalue weighted by molar-refractivity contribution is -0.152. The van der Waals surface area contributed by atoms with Crippen LogP contribution in [0.5, 0.6) is 11.5 Å². The van der Waals surface area contributed by atoms with Crippen LogP contribution in [0, 0.1) is 6.92 Å². The molecule has 3 aromatic rings. The van der Waals surface area contributed by atoms with Crippen LogP contribution >= 0.6 is 0 Å². The smallest absolute Gasteiger partial charge is 0.416 e. The second-order valence-electron chi connectivity index (χ2n) is 8.31. The molecule has 0 unspecified atom stereocenters. The number of ether oxygens (including phenoxy) is 3. The normalized spacial score (nSPS) is 11.9. The van der Waals surface area contributed by atoms with Crippen LogP contribution in [-0.4, -0.2) is 33.8 Å². The Labute approximate surface area is 200 Å². The molecule has 0 saturated heterocycles. The van der Waals surface area contributed by atoms with Crippen molar-refractivity contribution in [2.45, 2.75) is 45.8 Å². The number of alkyl halides is 3. The SMILES string of the molecule is COCc1nc(-c2ccc(C(F)(F)F)cc2)ncc1COc1ccc(OC(C)(C)C(=O)O)c(C)c1. The van der Waals surface area contributed by atoms with Crippen molar-refractivity contribution in [2.24, 2.45) is 0 Å². The molecule has 0 aliphatic heterocycles. The van der Waals surface area contributed by atoms with Gasteiger partial charge in [0, 0.05) is 24.4 Å². The van der Waals surface area contributed by atoms with Gasteiger partial charge in [-0.3, -0.25) is 0 Å². The first-order valence-electron chi connectivity index (χ1n) is 10.6. The van der Waals surface area contributed by atoms with Gasteiger partial charge in [0.25, 0.3) is 0 Å². The number of carboxylic acid groups (broad SMARTS) is 1. The second kappa shape index (κ2) is 10.3. The standard InChI is InChI=1S/C25H25F3N2O5/c1-15-11-19(9-10-21(15)35-24(2,3)23(31)32)34-13-17-12-29-22(30-20(17)14-33-4)16-5-7-18(8-6-16)25(26,27)28/h5-12H,13-14H2,1-4H3,(H,31,32). The molecule has 0 spiro atoms. The van der Waals surface area contributed by atoms with E-state index < -0.39 is 23.3 Å². The van der Waals surface area contributed by atoms with Crippen molar-refractivity contribution in [1.29, 1.82) is 0 Å². The summed E-state index contributed by atoms with van der Waals surface area (Å²) in [5.41, 5.74) is 0.196. The van der Waals surface area contributed by atoms with Gasteiger partial charge in [0.1, 0.15) is 18.1 Å². The van der Waals surface area contributed by atoms with Crippen molar-refractivity contribution >= 4 is 5.97 Å². The largest absolute Gasteiger partial charge is 0.489 e. The Bertz CT molecular complexity index is 1190. The average molecular weight is 490 g/mol. The first kappa shape index (κ1) is 26.0. The van der Waals surface area contributed by atoms with E-state index in [-0.39, 0.29) is 19.0 Å². The number of benzene rings is 2. The van der Waals surface area contributed by atoms with E-state index in [0.717, 1.165) is 12.1 Å². The van der Waals surface area contributed by atoms with Crippen LogP contribution in [0.1, 0.15) is 36.2 Å². The molecule has 0 radical (unpaired) electrons. The number of nitrogens with zero attached hydrogens (tertiary/aromatic N) is 2. The molecule has 1 aromatic heterocycles. The number of carbonyl (C=O) groups is 1. The minimum atomic E-state index is -4.42. The molecular formula is C25H25F3N2O5. The molecule has 7 nitrogen and oxygen atoms in total. The van der Waals surface area contributed by atoms with E-state index in [0.29, 0.717) is 33.9 Å². The van der Waals surface area contributed by atoms with Crippen LogP contribution in [0.15, 0.2) is 48.7 Å². The number of rotatable bonds is 9. The van der Waals surface area contributed by atoms with Gasteiger partial charge < -0.3 is 19.3 Å². The highest BCUT2D eigenvalue weighted by Crippen LogP contribution is 2.31. The Morgan fingerprint density at radius 1 is 1.06 bits per heavy atom. The Balaban J connectivity index is 1.76. The van der Waals surface area contributed by atoms with Crippen LogP contribution in [0.4, 0.5) is 13.2 Å². The summed E-state index contributed by atoms with van der Waals surface area (Å²) < 4.78 is 55.1. The lowest BCUT2D eigenvalue weighted by Crippen LogP contribution is -2.38. The summed E-state index contributed by atoms with van der Waals surface area (Å²) in [6.07, 6.45) is -2.87. The fourth-order valence-corrected chi connectivity index (χ4v) is 3.08. The molecule has 186 valence electrons. The Hall–Kier alpha value is -3.66. The lowest BCUT2D eigenvalue weighted by atomic mass is 10.1. The van der Waals surface area contributed by atoms with Crippen LogP contribution < -0.4 is 9.47 Å². The summed E-state index contributed by atoms with van der Waals surface area (Å²) >= 11 is 0. The van der Waals surface area contributed by atoms with Crippen LogP contribution in [0.3, 0.4) is 0 Å². The van der Waals surface area contributed by atoms with E-state index in [1.54, 1.807) is 31.3 Å². The number of carboxylic acids is 1. The summed E-state index contributed by atoms with van der Waals surface area (Å²) in [7, 11) is 1.51. The number of hydrogen-bond acceptors (Lipinski definition) is 6. The summed E-state index contributed by atoms with van der Waals surface area (Å²) in [5, 5.41) is 9.25. The highest BCUT2D eigenvalue weighted by atomic mass is 19.4. The Kier molecular flexibility index (Phi) is 7.64. The Morgan fingerprint density at radius 2 is 1.74 bits per heavy atom. The third kappa shape index (κ3) is 6.48. The molecule has 35 heavy (non-hydrogen) atoms. The third-order valence-electron chi connectivity index (χ3n) is 5.13. The number of methoxy groups -OCH3 is 1. The molecule has 1 heterocycles. The molecule has 1 N–H and O–H groups in total. The molecule has 0 atom stereocenters. The van der Waals surface area contributed by atoms with Crippen molar-refractivity contribution in [1.82, 2.24) is 9.97 Å². The quantitative estimate of drug-likeness (QED) is 0.427. The number of aryl methyl sites for hydroxylation is 1. The molecule has 0 saturated carbocycles. The average Bonchev–Trinajstić information content (AvgIpc) is 2.79. The lowest BCUT2D eigenvalue weighted by Gasteiger charge is -2.23. The van der Waals surface area contributed by atoms with E-state index in [4.69, 9.17) is 14.2 Å². The summed E-state index contributed by atoms with van der Waals surface area (Å²) in [6, 6.07) is 9.63. The van der Waals surface area contributed by atoms with E-state index in [9.17, 15) is 23.1 Å². The van der Waals surface area contributed by atoms with E-state index in [1.165, 1.54) is 33.1 Å². The monoisotopic (exact) mass is 490 g/mol. The zero-order valence-corrected chi connectivity index (χ0v) is 19.6. The molecular weight excluding hydrogens is 465 g/mol. The maximum absolute atomic E-state index is 12.8. The molecule has 3 rings (SSSR count). The van der Waals surface area contributed by atoms with Crippen LogP contribution in [0.2, 0.25) is 0 Å². The van der Waals surface area contributed by atoms with E-state index in [2.05, 4.69) is 9.97 Å². The first-order valence-corrected chi connectivity index (χ1v) is 10.6. The molecule has 2 aromatic carbocycles. The van der Waals surface area contributed by atoms with Gasteiger partial charge in [-0.05, 0) is 56.7 Å². The maximum atomic E-state index is 12.8. The maximum Gasteiger partial charge on any atom is 0.416 e. The van der Waals surface area contributed by atoms with Crippen LogP contribution in [-0.2, 0) is 28.9 Å². The van der Waals surface area contributed by atoms with E-state index >= 15 is 0 Å². The van der Waals surface area contributed by atoms with Gasteiger partial charge in [-0.1, -0.05) is 12.1 Å². The molecule has 0 aliphatic carbocycles. The van der Waals surface area contributed by atoms with Crippen molar-refractivity contribution in [2.75, 3.05) is 7.11 Å². The van der Waals surface area contributed by atoms with Gasteiger partial charge in [0.2, 0.25) is 0 Å². The summed E-state index contributed by atoms with van der Waals surface area (Å²) in [6.45, 7) is 4.98. The summed E-state index contributed by atoms with van der Waals surface area (Å²) in [5.74, 6) is 0.141. The summed E-state index contributed by atoms with van der Waals surface area (Å²) in [4.78, 5) is 20.0. The highest BCUT2D eigenvalue weighted by molar-refractivity contribution is 5.76. The van der Waals surface area contributed by atoms with Crippen molar-refractivity contribution < 1.29 is 37.3 Å². The second-order valence-corrected chi connectivity index (χ2v) is 8.31. The number of halogens is 3. The Morgan fingerprint density at radius 3 is 2.31 bits per heavy atom. The molecule has 0 aliphatic rings. The first-order chi connectivity index (χ1) is 16.4. The van der Waals surface area contributed by atoms with Crippen LogP contribution in [0.25, 0.3) is 11.4 Å². The molecule has 0 amide bonds. The number of aromatic nitrogens is 2. The molecule has 10 heteroatoms. The van der Waals surface area contributed by atoms with E-state index in [1.807, 2.05) is 0 Å². The van der Waals surface area contributed by atoms with Crippen molar-refractivity contribution in [3.8, 4) is 22.9 Å². The molecule has 0 fully saturated rings. The number of hydrogen-bond donors (Lipinski definition) is 1. The predicted octanol–water partition coefficient (Wildman–Crippen LogP) is 5.44. The van der Waals surface area contributed by atoms with Gasteiger partial charge in [-0.25, -0.2) is 14.8 Å². The number of aliphatic carboxylic acids is 1. The van der Waals surface area contributed by atoms with Gasteiger partial charge in [-0.15, -0.1) is 0 Å². The topological polar surface area (TPSA) is 90.8 Å². The van der Waals surface area contributed by atoms with Crippen molar-refractivity contribution in [3.05, 3.63) is 71.0 Å². The zero-order chi connectivity index (χ0) is 25.8. The van der Waals surface area contributed by atoms with Crippen molar-refractivity contribution in [3.63, 3.8) is 0 Å². The van der Waals surface area contributed by atoms with Gasteiger partial charge in [0.15, 0.2) is 11.4 Å². The predicted molar refractivity (Wildman–Crippen MR) is 121 cm³/mol. The fraction of sp³-hybridized carbons (Fsp3) is 0.320. The fourth-order valence-electron chi connectivity index (χ4n) is 3.08. The minimum Gasteiger partial charge on any atom is -0.489 e. The van der Waals surface area contributed by atoms with Gasteiger partial charge in [0.05, 0.1) is 17.9 Å².